The van der Waals surface area contributed by atoms with Gasteiger partial charge in [-0.1, -0.05) is 18.2 Å². The van der Waals surface area contributed by atoms with Gasteiger partial charge in [0.05, 0.1) is 11.6 Å². The first-order chi connectivity index (χ1) is 18.0. The van der Waals surface area contributed by atoms with E-state index in [1.54, 1.807) is 48.8 Å². The van der Waals surface area contributed by atoms with Crippen molar-refractivity contribution in [2.75, 3.05) is 19.6 Å². The highest BCUT2D eigenvalue weighted by atomic mass is 19.1. The molecule has 1 amide bonds. The zero-order chi connectivity index (χ0) is 26.0. The van der Waals surface area contributed by atoms with Crippen molar-refractivity contribution in [1.29, 1.82) is 5.26 Å². The summed E-state index contributed by atoms with van der Waals surface area (Å²) in [6.45, 7) is 2.14. The molecule has 188 valence electrons. The number of pyridine rings is 1. The van der Waals surface area contributed by atoms with Crippen LogP contribution in [0.2, 0.25) is 0 Å². The third kappa shape index (κ3) is 7.66. The molecule has 2 heterocycles. The monoisotopic (exact) mass is 496 g/mol. The smallest absolute Gasteiger partial charge is 0.244 e. The van der Waals surface area contributed by atoms with Crippen LogP contribution < -0.4 is 5.32 Å². The van der Waals surface area contributed by atoms with Crippen molar-refractivity contribution in [2.45, 2.75) is 25.3 Å². The lowest BCUT2D eigenvalue weighted by molar-refractivity contribution is -0.117. The molecule has 2 aromatic carbocycles. The molecule has 37 heavy (non-hydrogen) atoms. The van der Waals surface area contributed by atoms with Crippen LogP contribution in [0, 0.1) is 23.1 Å². The van der Waals surface area contributed by atoms with E-state index in [2.05, 4.69) is 21.3 Å². The Kier molecular flexibility index (Phi) is 8.90. The van der Waals surface area contributed by atoms with E-state index in [1.165, 1.54) is 18.2 Å². The number of hydrogen-bond donors (Lipinski definition) is 1. The predicted octanol–water partition coefficient (Wildman–Crippen LogP) is 4.43. The first-order valence-electron chi connectivity index (χ1n) is 12.4. The summed E-state index contributed by atoms with van der Waals surface area (Å²) in [5.41, 5.74) is 2.90. The Balaban J connectivity index is 1.36. The van der Waals surface area contributed by atoms with Crippen LogP contribution >= 0.6 is 0 Å². The first-order valence-corrected chi connectivity index (χ1v) is 12.4. The number of ketones is 1. The van der Waals surface area contributed by atoms with E-state index in [-0.39, 0.29) is 29.5 Å². The molecule has 1 aliphatic rings. The van der Waals surface area contributed by atoms with Crippen LogP contribution in [0.3, 0.4) is 0 Å². The summed E-state index contributed by atoms with van der Waals surface area (Å²) in [5.74, 6) is -0.582. The Hall–Kier alpha value is -4.15. The maximum absolute atomic E-state index is 13.2. The lowest BCUT2D eigenvalue weighted by Gasteiger charge is -2.34. The van der Waals surface area contributed by atoms with Crippen LogP contribution in [-0.2, 0) is 11.2 Å². The van der Waals surface area contributed by atoms with Gasteiger partial charge in [0, 0.05) is 42.5 Å². The maximum atomic E-state index is 13.2. The van der Waals surface area contributed by atoms with E-state index >= 15 is 0 Å². The van der Waals surface area contributed by atoms with Gasteiger partial charge in [-0.05, 0) is 92.0 Å². The second kappa shape index (κ2) is 12.7. The van der Waals surface area contributed by atoms with E-state index in [9.17, 15) is 14.0 Å². The van der Waals surface area contributed by atoms with Gasteiger partial charge in [-0.15, -0.1) is 0 Å². The van der Waals surface area contributed by atoms with Gasteiger partial charge < -0.3 is 10.2 Å². The number of likely N-dealkylation sites (tertiary alicyclic amines) is 1. The maximum Gasteiger partial charge on any atom is 0.244 e. The molecule has 0 spiro atoms. The number of hydrogen-bond acceptors (Lipinski definition) is 5. The third-order valence-electron chi connectivity index (χ3n) is 6.56. The van der Waals surface area contributed by atoms with Crippen LogP contribution in [0.15, 0.2) is 79.1 Å². The topological polar surface area (TPSA) is 86.1 Å². The van der Waals surface area contributed by atoms with Crippen molar-refractivity contribution in [1.82, 2.24) is 15.2 Å². The second-order valence-corrected chi connectivity index (χ2v) is 9.29. The van der Waals surface area contributed by atoms with Crippen molar-refractivity contribution < 1.29 is 14.0 Å². The Morgan fingerprint density at radius 2 is 1.92 bits per heavy atom. The SMILES string of the molecule is N#Cc1cccc(/C=C/C(=O)NC(Cc2cccnc2)CN2CCC(C(=O)c3ccc(F)cc3)CC2)c1. The summed E-state index contributed by atoms with van der Waals surface area (Å²) in [6.07, 6.45) is 8.78. The van der Waals surface area contributed by atoms with E-state index in [0.29, 0.717) is 24.1 Å². The Morgan fingerprint density at radius 3 is 2.62 bits per heavy atom. The van der Waals surface area contributed by atoms with Gasteiger partial charge in [0.1, 0.15) is 5.82 Å². The quantitative estimate of drug-likeness (QED) is 0.350. The molecule has 1 unspecified atom stereocenters. The Labute approximate surface area is 216 Å². The summed E-state index contributed by atoms with van der Waals surface area (Å²) in [4.78, 5) is 32.1. The highest BCUT2D eigenvalue weighted by Crippen LogP contribution is 2.22. The van der Waals surface area contributed by atoms with Crippen LogP contribution in [-0.4, -0.2) is 47.3 Å². The molecule has 1 aromatic heterocycles. The standard InChI is InChI=1S/C30H29FN4O2/c31-27-9-7-25(8-10-27)30(37)26-12-15-35(16-13-26)21-28(18-24-5-2-14-33-20-24)34-29(36)11-6-22-3-1-4-23(17-22)19-32/h1-11,14,17,20,26,28H,12-13,15-16,18,21H2,(H,34,36)/b11-6+. The molecule has 0 bridgehead atoms. The fourth-order valence-electron chi connectivity index (χ4n) is 4.64. The van der Waals surface area contributed by atoms with Crippen LogP contribution in [0.5, 0.6) is 0 Å². The van der Waals surface area contributed by atoms with E-state index in [1.807, 2.05) is 18.2 Å². The normalized spacial score (nSPS) is 15.2. The van der Waals surface area contributed by atoms with E-state index in [0.717, 1.165) is 37.1 Å². The number of halogens is 1. The minimum atomic E-state index is -0.349. The second-order valence-electron chi connectivity index (χ2n) is 9.29. The number of carbonyl (C=O) groups is 2. The highest BCUT2D eigenvalue weighted by Gasteiger charge is 2.27. The number of nitrogens with one attached hydrogen (secondary N) is 1. The molecule has 0 saturated carbocycles. The average molecular weight is 497 g/mol. The molecular formula is C30H29FN4O2. The molecule has 3 aromatic rings. The fourth-order valence-corrected chi connectivity index (χ4v) is 4.64. The van der Waals surface area contributed by atoms with Gasteiger partial charge in [0.25, 0.3) is 0 Å². The van der Waals surface area contributed by atoms with Gasteiger partial charge in [0.2, 0.25) is 5.91 Å². The molecule has 7 heteroatoms. The summed E-state index contributed by atoms with van der Waals surface area (Å²) in [5, 5.41) is 12.2. The van der Waals surface area contributed by atoms with Crippen LogP contribution in [0.1, 0.15) is 39.9 Å². The first kappa shape index (κ1) is 25.9. The third-order valence-corrected chi connectivity index (χ3v) is 6.56. The summed E-state index contributed by atoms with van der Waals surface area (Å²) >= 11 is 0. The molecule has 1 aliphatic heterocycles. The van der Waals surface area contributed by atoms with Crippen LogP contribution in [0.25, 0.3) is 6.08 Å². The van der Waals surface area contributed by atoms with E-state index < -0.39 is 0 Å². The Bertz CT molecular complexity index is 1280. The largest absolute Gasteiger partial charge is 0.348 e. The number of piperidine rings is 1. The summed E-state index contributed by atoms with van der Waals surface area (Å²) < 4.78 is 13.2. The molecule has 0 aliphatic carbocycles. The lowest BCUT2D eigenvalue weighted by atomic mass is 9.88. The molecule has 1 N–H and O–H groups in total. The number of benzene rings is 2. The van der Waals surface area contributed by atoms with Crippen molar-refractivity contribution >= 4 is 17.8 Å². The predicted molar refractivity (Wildman–Crippen MR) is 140 cm³/mol. The fraction of sp³-hybridized carbons (Fsp3) is 0.267. The minimum absolute atomic E-state index is 0.0606. The minimum Gasteiger partial charge on any atom is -0.348 e. The van der Waals surface area contributed by atoms with Crippen LogP contribution in [0.4, 0.5) is 4.39 Å². The lowest BCUT2D eigenvalue weighted by Crippen LogP contribution is -2.47. The number of amides is 1. The zero-order valence-electron chi connectivity index (χ0n) is 20.5. The highest BCUT2D eigenvalue weighted by molar-refractivity contribution is 5.97. The van der Waals surface area contributed by atoms with Gasteiger partial charge in [0.15, 0.2) is 5.78 Å². The van der Waals surface area contributed by atoms with Gasteiger partial charge in [-0.3, -0.25) is 14.6 Å². The number of carbonyl (C=O) groups excluding carboxylic acids is 2. The molecule has 1 fully saturated rings. The van der Waals surface area contributed by atoms with Gasteiger partial charge in [-0.25, -0.2) is 4.39 Å². The molecule has 4 rings (SSSR count). The number of aromatic nitrogens is 1. The molecule has 1 saturated heterocycles. The molecule has 1 atom stereocenters. The van der Waals surface area contributed by atoms with Gasteiger partial charge in [-0.2, -0.15) is 5.26 Å². The zero-order valence-corrected chi connectivity index (χ0v) is 20.5. The van der Waals surface area contributed by atoms with E-state index in [4.69, 9.17) is 5.26 Å². The van der Waals surface area contributed by atoms with Gasteiger partial charge >= 0.3 is 0 Å². The van der Waals surface area contributed by atoms with Crippen molar-refractivity contribution in [3.05, 3.63) is 107 Å². The Morgan fingerprint density at radius 1 is 1.14 bits per heavy atom. The summed E-state index contributed by atoms with van der Waals surface area (Å²) in [7, 11) is 0. The number of rotatable bonds is 9. The molecular weight excluding hydrogens is 467 g/mol. The van der Waals surface area contributed by atoms with Crippen molar-refractivity contribution in [3.63, 3.8) is 0 Å². The number of nitriles is 1. The molecule has 6 nitrogen and oxygen atoms in total. The summed E-state index contributed by atoms with van der Waals surface area (Å²) in [6, 6.07) is 18.6. The van der Waals surface area contributed by atoms with Crippen molar-refractivity contribution in [3.8, 4) is 6.07 Å². The number of nitrogens with zero attached hydrogens (tertiary/aromatic N) is 3. The van der Waals surface area contributed by atoms with Crippen molar-refractivity contribution in [2.24, 2.45) is 5.92 Å². The average Bonchev–Trinajstić information content (AvgIpc) is 2.93. The number of Topliss-reactive ketones (excluding diaryl/α,β-unsaturated/α-hetero) is 1. The molecule has 0 radical (unpaired) electrons.